The summed E-state index contributed by atoms with van der Waals surface area (Å²) in [6, 6.07) is 4.64. The number of rotatable bonds is 3. The van der Waals surface area contributed by atoms with Crippen LogP contribution >= 0.6 is 15.9 Å². The standard InChI is InChI=1S/C13H16BrNO3/c14-10-4-3-9(7-11(10)16)12(17)15-8-13(18)5-1-2-6-13/h3-4,7,16,18H,1-2,5-6,8H2,(H,15,17). The lowest BCUT2D eigenvalue weighted by Gasteiger charge is -2.22. The summed E-state index contributed by atoms with van der Waals surface area (Å²) in [6.45, 7) is 0.267. The van der Waals surface area contributed by atoms with Crippen molar-refractivity contribution >= 4 is 21.8 Å². The topological polar surface area (TPSA) is 69.6 Å². The average molecular weight is 314 g/mol. The predicted octanol–water partition coefficient (Wildman–Crippen LogP) is 2.19. The van der Waals surface area contributed by atoms with Crippen LogP contribution < -0.4 is 5.32 Å². The highest BCUT2D eigenvalue weighted by molar-refractivity contribution is 9.10. The summed E-state index contributed by atoms with van der Waals surface area (Å²) in [6.07, 6.45) is 3.48. The van der Waals surface area contributed by atoms with Crippen molar-refractivity contribution in [1.29, 1.82) is 0 Å². The monoisotopic (exact) mass is 313 g/mol. The molecule has 1 aliphatic carbocycles. The van der Waals surface area contributed by atoms with E-state index in [0.717, 1.165) is 25.7 Å². The highest BCUT2D eigenvalue weighted by atomic mass is 79.9. The number of phenolic OH excluding ortho intramolecular Hbond substituents is 1. The molecule has 1 aromatic carbocycles. The highest BCUT2D eigenvalue weighted by Crippen LogP contribution is 2.29. The fourth-order valence-electron chi connectivity index (χ4n) is 2.21. The SMILES string of the molecule is O=C(NCC1(O)CCCC1)c1ccc(Br)c(O)c1. The predicted molar refractivity (Wildman–Crippen MR) is 71.6 cm³/mol. The molecule has 2 rings (SSSR count). The first kappa shape index (κ1) is 13.4. The van der Waals surface area contributed by atoms with E-state index in [1.807, 2.05) is 0 Å². The summed E-state index contributed by atoms with van der Waals surface area (Å²) in [7, 11) is 0. The molecule has 5 heteroatoms. The molecule has 3 N–H and O–H groups in total. The molecule has 1 amide bonds. The number of carbonyl (C=O) groups excluding carboxylic acids is 1. The maximum absolute atomic E-state index is 11.9. The van der Waals surface area contributed by atoms with Crippen LogP contribution in [-0.2, 0) is 0 Å². The van der Waals surface area contributed by atoms with E-state index in [2.05, 4.69) is 21.2 Å². The van der Waals surface area contributed by atoms with Gasteiger partial charge < -0.3 is 15.5 Å². The molecule has 0 spiro atoms. The van der Waals surface area contributed by atoms with Crippen LogP contribution in [0.1, 0.15) is 36.0 Å². The summed E-state index contributed by atoms with van der Waals surface area (Å²) in [5, 5.41) is 22.3. The van der Waals surface area contributed by atoms with Gasteiger partial charge in [0.25, 0.3) is 5.91 Å². The van der Waals surface area contributed by atoms with Gasteiger partial charge in [-0.2, -0.15) is 0 Å². The summed E-state index contributed by atoms with van der Waals surface area (Å²) < 4.78 is 0.550. The Hall–Kier alpha value is -1.07. The normalized spacial score (nSPS) is 17.7. The van der Waals surface area contributed by atoms with Gasteiger partial charge in [-0.05, 0) is 47.0 Å². The zero-order valence-electron chi connectivity index (χ0n) is 9.95. The quantitative estimate of drug-likeness (QED) is 0.801. The van der Waals surface area contributed by atoms with Gasteiger partial charge in [0, 0.05) is 12.1 Å². The molecule has 0 aliphatic heterocycles. The molecule has 0 saturated heterocycles. The summed E-state index contributed by atoms with van der Waals surface area (Å²) in [5.74, 6) is -0.250. The van der Waals surface area contributed by atoms with Crippen LogP contribution in [0, 0.1) is 0 Å². The zero-order chi connectivity index (χ0) is 13.2. The fourth-order valence-corrected chi connectivity index (χ4v) is 2.46. The van der Waals surface area contributed by atoms with Gasteiger partial charge in [0.15, 0.2) is 0 Å². The first-order valence-electron chi connectivity index (χ1n) is 5.99. The largest absolute Gasteiger partial charge is 0.507 e. The maximum Gasteiger partial charge on any atom is 0.251 e. The van der Waals surface area contributed by atoms with Crippen molar-refractivity contribution in [3.05, 3.63) is 28.2 Å². The van der Waals surface area contributed by atoms with Gasteiger partial charge in [-0.25, -0.2) is 0 Å². The Morgan fingerprint density at radius 3 is 2.67 bits per heavy atom. The Kier molecular flexibility index (Phi) is 3.92. The molecule has 18 heavy (non-hydrogen) atoms. The maximum atomic E-state index is 11.9. The molecule has 4 nitrogen and oxygen atoms in total. The molecular weight excluding hydrogens is 298 g/mol. The fraction of sp³-hybridized carbons (Fsp3) is 0.462. The smallest absolute Gasteiger partial charge is 0.251 e. The van der Waals surface area contributed by atoms with Crippen LogP contribution in [0.5, 0.6) is 5.75 Å². The lowest BCUT2D eigenvalue weighted by atomic mass is 10.0. The van der Waals surface area contributed by atoms with E-state index >= 15 is 0 Å². The van der Waals surface area contributed by atoms with E-state index in [1.165, 1.54) is 6.07 Å². The Morgan fingerprint density at radius 1 is 1.39 bits per heavy atom. The molecule has 0 bridgehead atoms. The van der Waals surface area contributed by atoms with Crippen LogP contribution in [-0.4, -0.2) is 28.3 Å². The van der Waals surface area contributed by atoms with Crippen molar-refractivity contribution < 1.29 is 15.0 Å². The number of hydrogen-bond acceptors (Lipinski definition) is 3. The molecule has 1 aromatic rings. The van der Waals surface area contributed by atoms with Gasteiger partial charge >= 0.3 is 0 Å². The van der Waals surface area contributed by atoms with Gasteiger partial charge in [0.2, 0.25) is 0 Å². The van der Waals surface area contributed by atoms with Crippen molar-refractivity contribution in [2.75, 3.05) is 6.54 Å². The Bertz CT molecular complexity index is 456. The van der Waals surface area contributed by atoms with Gasteiger partial charge in [-0.15, -0.1) is 0 Å². The number of carbonyl (C=O) groups is 1. The first-order chi connectivity index (χ1) is 8.50. The number of nitrogens with one attached hydrogen (secondary N) is 1. The molecular formula is C13H16BrNO3. The summed E-state index contributed by atoms with van der Waals surface area (Å²) in [4.78, 5) is 11.9. The van der Waals surface area contributed by atoms with Gasteiger partial charge in [-0.1, -0.05) is 12.8 Å². The van der Waals surface area contributed by atoms with Crippen LogP contribution in [0.25, 0.3) is 0 Å². The van der Waals surface area contributed by atoms with Crippen molar-refractivity contribution in [2.45, 2.75) is 31.3 Å². The summed E-state index contributed by atoms with van der Waals surface area (Å²) in [5.41, 5.74) is -0.370. The molecule has 0 aromatic heterocycles. The van der Waals surface area contributed by atoms with Crippen molar-refractivity contribution in [2.24, 2.45) is 0 Å². The third kappa shape index (κ3) is 3.03. The number of halogens is 1. The number of aromatic hydroxyl groups is 1. The van der Waals surface area contributed by atoms with Crippen LogP contribution in [0.15, 0.2) is 22.7 Å². The molecule has 0 atom stereocenters. The number of hydrogen-bond donors (Lipinski definition) is 3. The van der Waals surface area contributed by atoms with Crippen molar-refractivity contribution in [3.63, 3.8) is 0 Å². The minimum atomic E-state index is -0.757. The van der Waals surface area contributed by atoms with E-state index < -0.39 is 5.60 Å². The van der Waals surface area contributed by atoms with Crippen molar-refractivity contribution in [3.8, 4) is 5.75 Å². The number of amides is 1. The Balaban J connectivity index is 1.97. The summed E-state index contributed by atoms with van der Waals surface area (Å²) >= 11 is 3.16. The van der Waals surface area contributed by atoms with Crippen LogP contribution in [0.4, 0.5) is 0 Å². The second-order valence-corrected chi connectivity index (χ2v) is 5.63. The number of aliphatic hydroxyl groups is 1. The highest BCUT2D eigenvalue weighted by Gasteiger charge is 2.31. The first-order valence-corrected chi connectivity index (χ1v) is 6.79. The number of benzene rings is 1. The second-order valence-electron chi connectivity index (χ2n) is 4.78. The Morgan fingerprint density at radius 2 is 2.06 bits per heavy atom. The third-order valence-corrected chi connectivity index (χ3v) is 3.99. The second kappa shape index (κ2) is 5.28. The molecule has 0 heterocycles. The van der Waals surface area contributed by atoms with Crippen LogP contribution in [0.3, 0.4) is 0 Å². The Labute approximate surface area is 114 Å². The van der Waals surface area contributed by atoms with E-state index in [1.54, 1.807) is 12.1 Å². The number of phenols is 1. The van der Waals surface area contributed by atoms with E-state index in [-0.39, 0.29) is 18.2 Å². The van der Waals surface area contributed by atoms with E-state index in [4.69, 9.17) is 0 Å². The van der Waals surface area contributed by atoms with Crippen molar-refractivity contribution in [1.82, 2.24) is 5.32 Å². The molecule has 0 radical (unpaired) electrons. The van der Waals surface area contributed by atoms with Gasteiger partial charge in [-0.3, -0.25) is 4.79 Å². The lowest BCUT2D eigenvalue weighted by Crippen LogP contribution is -2.40. The molecule has 1 aliphatic rings. The minimum Gasteiger partial charge on any atom is -0.507 e. The van der Waals surface area contributed by atoms with Crippen LogP contribution in [0.2, 0.25) is 0 Å². The van der Waals surface area contributed by atoms with E-state index in [0.29, 0.717) is 10.0 Å². The van der Waals surface area contributed by atoms with Gasteiger partial charge in [0.05, 0.1) is 10.1 Å². The molecule has 98 valence electrons. The lowest BCUT2D eigenvalue weighted by molar-refractivity contribution is 0.0449. The molecule has 1 fully saturated rings. The molecule has 1 saturated carbocycles. The minimum absolute atomic E-state index is 0.0298. The molecule has 0 unspecified atom stereocenters. The van der Waals surface area contributed by atoms with Gasteiger partial charge in [0.1, 0.15) is 5.75 Å². The third-order valence-electron chi connectivity index (χ3n) is 3.32. The van der Waals surface area contributed by atoms with E-state index in [9.17, 15) is 15.0 Å². The average Bonchev–Trinajstić information content (AvgIpc) is 2.77. The zero-order valence-corrected chi connectivity index (χ0v) is 11.5.